The number of esters is 2. The van der Waals surface area contributed by atoms with Crippen LogP contribution < -0.4 is 0 Å². The minimum atomic E-state index is -0.985. The molecule has 1 heterocycles. The smallest absolute Gasteiger partial charge is 0.303 e. The molecule has 1 saturated heterocycles. The van der Waals surface area contributed by atoms with Crippen LogP contribution in [-0.4, -0.2) is 42.1 Å². The Kier molecular flexibility index (Phi) is 4.05. The highest BCUT2D eigenvalue weighted by molar-refractivity contribution is 5.67. The number of aliphatic hydroxyl groups excluding tert-OH is 1. The van der Waals surface area contributed by atoms with Gasteiger partial charge in [0.2, 0.25) is 0 Å². The lowest BCUT2D eigenvalue weighted by Gasteiger charge is -2.32. The summed E-state index contributed by atoms with van der Waals surface area (Å²) in [5.41, 5.74) is 0. The molecule has 0 radical (unpaired) electrons. The zero-order valence-electron chi connectivity index (χ0n) is 8.63. The van der Waals surface area contributed by atoms with Crippen LogP contribution in [0.5, 0.6) is 0 Å². The van der Waals surface area contributed by atoms with Gasteiger partial charge in [-0.05, 0) is 0 Å². The van der Waals surface area contributed by atoms with Crippen molar-refractivity contribution in [1.82, 2.24) is 0 Å². The van der Waals surface area contributed by atoms with Gasteiger partial charge in [-0.3, -0.25) is 9.59 Å². The zero-order valence-corrected chi connectivity index (χ0v) is 8.63. The fourth-order valence-electron chi connectivity index (χ4n) is 1.39. The molecule has 0 aliphatic carbocycles. The SMILES string of the molecule is CC(=O)O[C@H]1C[C@@H](O)OC[C@H]1OC(C)=O. The number of aliphatic hydroxyl groups is 1. The third-order valence-corrected chi connectivity index (χ3v) is 1.94. The molecule has 6 heteroatoms. The summed E-state index contributed by atoms with van der Waals surface area (Å²) in [7, 11) is 0. The highest BCUT2D eigenvalue weighted by Crippen LogP contribution is 2.19. The summed E-state index contributed by atoms with van der Waals surface area (Å²) in [4.78, 5) is 21.5. The van der Waals surface area contributed by atoms with E-state index in [-0.39, 0.29) is 13.0 Å². The second kappa shape index (κ2) is 5.09. The Morgan fingerprint density at radius 1 is 1.20 bits per heavy atom. The lowest BCUT2D eigenvalue weighted by Crippen LogP contribution is -2.45. The van der Waals surface area contributed by atoms with Gasteiger partial charge in [0.15, 0.2) is 12.4 Å². The van der Waals surface area contributed by atoms with Gasteiger partial charge >= 0.3 is 11.9 Å². The summed E-state index contributed by atoms with van der Waals surface area (Å²) >= 11 is 0. The van der Waals surface area contributed by atoms with Crippen LogP contribution in [0.3, 0.4) is 0 Å². The minimum Gasteiger partial charge on any atom is -0.458 e. The summed E-state index contributed by atoms with van der Waals surface area (Å²) in [6, 6.07) is 0. The molecule has 0 aromatic heterocycles. The van der Waals surface area contributed by atoms with Crippen LogP contribution in [0.15, 0.2) is 0 Å². The van der Waals surface area contributed by atoms with Crippen LogP contribution in [0.25, 0.3) is 0 Å². The molecule has 0 aromatic rings. The topological polar surface area (TPSA) is 82.1 Å². The number of ether oxygens (including phenoxy) is 3. The first-order valence-electron chi connectivity index (χ1n) is 4.63. The van der Waals surface area contributed by atoms with Gasteiger partial charge in [0.25, 0.3) is 0 Å². The van der Waals surface area contributed by atoms with Gasteiger partial charge in [-0.15, -0.1) is 0 Å². The van der Waals surface area contributed by atoms with Crippen molar-refractivity contribution in [1.29, 1.82) is 0 Å². The molecule has 3 atom stereocenters. The fourth-order valence-corrected chi connectivity index (χ4v) is 1.39. The predicted octanol–water partition coefficient (Wildman–Crippen LogP) is -0.411. The Labute approximate surface area is 87.1 Å². The minimum absolute atomic E-state index is 0.0265. The maximum atomic E-state index is 10.8. The second-order valence-electron chi connectivity index (χ2n) is 3.32. The van der Waals surface area contributed by atoms with Gasteiger partial charge in [0, 0.05) is 20.3 Å². The third kappa shape index (κ3) is 3.85. The van der Waals surface area contributed by atoms with Gasteiger partial charge in [-0.1, -0.05) is 0 Å². The number of carbonyl (C=O) groups excluding carboxylic acids is 2. The quantitative estimate of drug-likeness (QED) is 0.634. The van der Waals surface area contributed by atoms with Crippen molar-refractivity contribution in [2.24, 2.45) is 0 Å². The number of hydrogen-bond donors (Lipinski definition) is 1. The first-order chi connectivity index (χ1) is 6.99. The van der Waals surface area contributed by atoms with E-state index in [1.165, 1.54) is 13.8 Å². The van der Waals surface area contributed by atoms with E-state index in [0.29, 0.717) is 0 Å². The number of rotatable bonds is 2. The van der Waals surface area contributed by atoms with E-state index in [9.17, 15) is 14.7 Å². The highest BCUT2D eigenvalue weighted by atomic mass is 16.6. The lowest BCUT2D eigenvalue weighted by atomic mass is 10.1. The average Bonchev–Trinajstić information content (AvgIpc) is 2.08. The summed E-state index contributed by atoms with van der Waals surface area (Å²) in [6.07, 6.45) is -2.16. The Balaban J connectivity index is 2.57. The molecule has 1 fully saturated rings. The molecule has 0 bridgehead atoms. The van der Waals surface area contributed by atoms with Crippen LogP contribution in [0.4, 0.5) is 0 Å². The van der Waals surface area contributed by atoms with E-state index in [4.69, 9.17) is 14.2 Å². The summed E-state index contributed by atoms with van der Waals surface area (Å²) < 4.78 is 14.7. The van der Waals surface area contributed by atoms with Crippen molar-refractivity contribution >= 4 is 11.9 Å². The van der Waals surface area contributed by atoms with E-state index in [0.717, 1.165) is 0 Å². The predicted molar refractivity (Wildman–Crippen MR) is 47.7 cm³/mol. The lowest BCUT2D eigenvalue weighted by molar-refractivity contribution is -0.216. The second-order valence-corrected chi connectivity index (χ2v) is 3.32. The van der Waals surface area contributed by atoms with Crippen molar-refractivity contribution in [3.05, 3.63) is 0 Å². The fraction of sp³-hybridized carbons (Fsp3) is 0.778. The van der Waals surface area contributed by atoms with Crippen molar-refractivity contribution in [2.45, 2.75) is 38.8 Å². The van der Waals surface area contributed by atoms with E-state index >= 15 is 0 Å². The van der Waals surface area contributed by atoms with Crippen LogP contribution in [0, 0.1) is 0 Å². The van der Waals surface area contributed by atoms with Gasteiger partial charge in [0.05, 0.1) is 6.61 Å². The van der Waals surface area contributed by atoms with Crippen LogP contribution >= 0.6 is 0 Å². The summed E-state index contributed by atoms with van der Waals surface area (Å²) in [5, 5.41) is 9.19. The van der Waals surface area contributed by atoms with Gasteiger partial charge < -0.3 is 19.3 Å². The van der Waals surface area contributed by atoms with E-state index < -0.39 is 30.4 Å². The van der Waals surface area contributed by atoms with E-state index in [1.54, 1.807) is 0 Å². The summed E-state index contributed by atoms with van der Waals surface area (Å²) in [6.45, 7) is 2.54. The molecule has 0 unspecified atom stereocenters. The first kappa shape index (κ1) is 11.9. The van der Waals surface area contributed by atoms with Crippen LogP contribution in [-0.2, 0) is 23.8 Å². The first-order valence-corrected chi connectivity index (χ1v) is 4.63. The van der Waals surface area contributed by atoms with Crippen molar-refractivity contribution < 1.29 is 28.9 Å². The molecule has 15 heavy (non-hydrogen) atoms. The van der Waals surface area contributed by atoms with Crippen molar-refractivity contribution in [2.75, 3.05) is 6.61 Å². The molecular weight excluding hydrogens is 204 g/mol. The van der Waals surface area contributed by atoms with Crippen molar-refractivity contribution in [3.63, 3.8) is 0 Å². The molecular formula is C9H14O6. The monoisotopic (exact) mass is 218 g/mol. The number of hydrogen-bond acceptors (Lipinski definition) is 6. The summed E-state index contributed by atoms with van der Waals surface area (Å²) in [5.74, 6) is -0.955. The Morgan fingerprint density at radius 2 is 1.73 bits per heavy atom. The van der Waals surface area contributed by atoms with Gasteiger partial charge in [0.1, 0.15) is 6.10 Å². The largest absolute Gasteiger partial charge is 0.458 e. The molecule has 1 rings (SSSR count). The average molecular weight is 218 g/mol. The maximum absolute atomic E-state index is 10.8. The Hall–Kier alpha value is -1.14. The normalized spacial score (nSPS) is 30.7. The zero-order chi connectivity index (χ0) is 11.4. The standard InChI is InChI=1S/C9H14O6/c1-5(10)14-7-3-9(12)13-4-8(7)15-6(2)11/h7-9,12H,3-4H2,1-2H3/t7-,8+,9-/m0/s1. The highest BCUT2D eigenvalue weighted by Gasteiger charge is 2.34. The van der Waals surface area contributed by atoms with Crippen molar-refractivity contribution in [3.8, 4) is 0 Å². The molecule has 0 spiro atoms. The van der Waals surface area contributed by atoms with Gasteiger partial charge in [-0.25, -0.2) is 0 Å². The van der Waals surface area contributed by atoms with E-state index in [1.807, 2.05) is 0 Å². The molecule has 0 saturated carbocycles. The Morgan fingerprint density at radius 3 is 2.27 bits per heavy atom. The molecule has 1 aliphatic rings. The van der Waals surface area contributed by atoms with E-state index in [2.05, 4.69) is 0 Å². The third-order valence-electron chi connectivity index (χ3n) is 1.94. The van der Waals surface area contributed by atoms with Gasteiger partial charge in [-0.2, -0.15) is 0 Å². The molecule has 1 N–H and O–H groups in total. The Bertz CT molecular complexity index is 251. The van der Waals surface area contributed by atoms with Crippen LogP contribution in [0.1, 0.15) is 20.3 Å². The van der Waals surface area contributed by atoms with Crippen LogP contribution in [0.2, 0.25) is 0 Å². The molecule has 1 aliphatic heterocycles. The molecule has 86 valence electrons. The molecule has 6 nitrogen and oxygen atoms in total. The molecule has 0 aromatic carbocycles. The number of carbonyl (C=O) groups is 2. The molecule has 0 amide bonds. The maximum Gasteiger partial charge on any atom is 0.303 e.